The third-order valence-electron chi connectivity index (χ3n) is 3.29. The molecule has 2 rings (SSSR count). The van der Waals surface area contributed by atoms with Gasteiger partial charge in [-0.15, -0.1) is 0 Å². The molecular formula is C13H20N4O. The van der Waals surface area contributed by atoms with Crippen molar-refractivity contribution in [3.63, 3.8) is 0 Å². The molecule has 18 heavy (non-hydrogen) atoms. The molecule has 0 bridgehead atoms. The molecule has 2 N–H and O–H groups in total. The molecule has 98 valence electrons. The van der Waals surface area contributed by atoms with Crippen LogP contribution in [-0.4, -0.2) is 35.2 Å². The Morgan fingerprint density at radius 2 is 2.33 bits per heavy atom. The number of aromatic nitrogens is 2. The van der Waals surface area contributed by atoms with E-state index in [1.807, 2.05) is 6.92 Å². The summed E-state index contributed by atoms with van der Waals surface area (Å²) in [6.07, 6.45) is 3.44. The van der Waals surface area contributed by atoms with Crippen LogP contribution in [0, 0.1) is 13.8 Å². The van der Waals surface area contributed by atoms with E-state index >= 15 is 0 Å². The Balaban J connectivity index is 1.85. The van der Waals surface area contributed by atoms with E-state index in [0.29, 0.717) is 23.8 Å². The lowest BCUT2D eigenvalue weighted by Crippen LogP contribution is -2.31. The van der Waals surface area contributed by atoms with Crippen molar-refractivity contribution in [1.82, 2.24) is 20.8 Å². The molecule has 1 fully saturated rings. The van der Waals surface area contributed by atoms with E-state index in [1.165, 1.54) is 12.8 Å². The number of hydrogen-bond donors (Lipinski definition) is 2. The lowest BCUT2D eigenvalue weighted by Gasteiger charge is -2.11. The van der Waals surface area contributed by atoms with Crippen LogP contribution in [-0.2, 0) is 0 Å². The normalized spacial score (nSPS) is 18.9. The van der Waals surface area contributed by atoms with E-state index in [9.17, 15) is 4.79 Å². The summed E-state index contributed by atoms with van der Waals surface area (Å²) >= 11 is 0. The Morgan fingerprint density at radius 3 is 3.06 bits per heavy atom. The maximum atomic E-state index is 12.0. The lowest BCUT2D eigenvalue weighted by atomic mass is 10.1. The molecule has 0 radical (unpaired) electrons. The standard InChI is InChI=1S/C13H20N4O/c1-9-8-12(10(2)17-16-9)13(18)15-7-5-11-4-3-6-14-11/h8,11,14H,3-7H2,1-2H3,(H,15,18). The van der Waals surface area contributed by atoms with Crippen LogP contribution < -0.4 is 10.6 Å². The van der Waals surface area contributed by atoms with Gasteiger partial charge >= 0.3 is 0 Å². The Bertz CT molecular complexity index is 427. The summed E-state index contributed by atoms with van der Waals surface area (Å²) in [5, 5.41) is 14.3. The molecule has 0 aromatic carbocycles. The maximum Gasteiger partial charge on any atom is 0.253 e. The third kappa shape index (κ3) is 3.26. The van der Waals surface area contributed by atoms with Gasteiger partial charge in [0, 0.05) is 12.6 Å². The van der Waals surface area contributed by atoms with Crippen LogP contribution in [0.25, 0.3) is 0 Å². The van der Waals surface area contributed by atoms with Crippen LogP contribution in [0.2, 0.25) is 0 Å². The second-order valence-electron chi connectivity index (χ2n) is 4.82. The largest absolute Gasteiger partial charge is 0.352 e. The van der Waals surface area contributed by atoms with Crippen molar-refractivity contribution < 1.29 is 4.79 Å². The Labute approximate surface area is 107 Å². The molecule has 1 atom stereocenters. The fraction of sp³-hybridized carbons (Fsp3) is 0.615. The summed E-state index contributed by atoms with van der Waals surface area (Å²) in [5.74, 6) is -0.0523. The molecule has 1 aliphatic heterocycles. The average Bonchev–Trinajstić information content (AvgIpc) is 2.85. The van der Waals surface area contributed by atoms with Crippen LogP contribution in [0.4, 0.5) is 0 Å². The minimum atomic E-state index is -0.0523. The highest BCUT2D eigenvalue weighted by Gasteiger charge is 2.15. The van der Waals surface area contributed by atoms with Gasteiger partial charge in [0.2, 0.25) is 0 Å². The summed E-state index contributed by atoms with van der Waals surface area (Å²) in [6, 6.07) is 2.34. The number of nitrogens with one attached hydrogen (secondary N) is 2. The van der Waals surface area contributed by atoms with Gasteiger partial charge in [-0.25, -0.2) is 0 Å². The van der Waals surface area contributed by atoms with Gasteiger partial charge in [-0.2, -0.15) is 10.2 Å². The molecule has 0 spiro atoms. The zero-order valence-corrected chi connectivity index (χ0v) is 11.0. The highest BCUT2D eigenvalue weighted by molar-refractivity contribution is 5.95. The molecule has 1 aromatic heterocycles. The van der Waals surface area contributed by atoms with Crippen molar-refractivity contribution in [3.8, 4) is 0 Å². The van der Waals surface area contributed by atoms with Crippen LogP contribution in [0.1, 0.15) is 41.0 Å². The molecule has 1 amide bonds. The molecule has 1 aromatic rings. The van der Waals surface area contributed by atoms with Gasteiger partial charge in [0.15, 0.2) is 0 Å². The van der Waals surface area contributed by atoms with Crippen LogP contribution in [0.3, 0.4) is 0 Å². The Hall–Kier alpha value is -1.49. The molecule has 5 nitrogen and oxygen atoms in total. The van der Waals surface area contributed by atoms with Crippen molar-refractivity contribution in [3.05, 3.63) is 23.0 Å². The quantitative estimate of drug-likeness (QED) is 0.833. The van der Waals surface area contributed by atoms with Gasteiger partial charge in [0.25, 0.3) is 5.91 Å². The monoisotopic (exact) mass is 248 g/mol. The summed E-state index contributed by atoms with van der Waals surface area (Å²) < 4.78 is 0. The molecule has 2 heterocycles. The number of aryl methyl sites for hydroxylation is 2. The van der Waals surface area contributed by atoms with Gasteiger partial charge in [0.05, 0.1) is 17.0 Å². The number of carbonyl (C=O) groups is 1. The molecule has 1 aliphatic rings. The summed E-state index contributed by atoms with van der Waals surface area (Å²) in [7, 11) is 0. The van der Waals surface area contributed by atoms with E-state index < -0.39 is 0 Å². The van der Waals surface area contributed by atoms with Crippen LogP contribution in [0.5, 0.6) is 0 Å². The molecule has 1 saturated heterocycles. The SMILES string of the molecule is Cc1cc(C(=O)NCCC2CCCN2)c(C)nn1. The lowest BCUT2D eigenvalue weighted by molar-refractivity contribution is 0.0951. The number of rotatable bonds is 4. The molecule has 0 saturated carbocycles. The first-order valence-corrected chi connectivity index (χ1v) is 6.49. The van der Waals surface area contributed by atoms with Crippen molar-refractivity contribution in [2.24, 2.45) is 0 Å². The van der Waals surface area contributed by atoms with Gasteiger partial charge in [0.1, 0.15) is 0 Å². The average molecular weight is 248 g/mol. The van der Waals surface area contributed by atoms with Gasteiger partial charge in [-0.1, -0.05) is 0 Å². The number of amides is 1. The van der Waals surface area contributed by atoms with Crippen molar-refractivity contribution >= 4 is 5.91 Å². The van der Waals surface area contributed by atoms with Crippen molar-refractivity contribution in [1.29, 1.82) is 0 Å². The van der Waals surface area contributed by atoms with Gasteiger partial charge in [-0.05, 0) is 45.7 Å². The number of nitrogens with zero attached hydrogens (tertiary/aromatic N) is 2. The van der Waals surface area contributed by atoms with Gasteiger partial charge < -0.3 is 10.6 Å². The number of hydrogen-bond acceptors (Lipinski definition) is 4. The Kier molecular flexibility index (Phi) is 4.25. The predicted octanol–water partition coefficient (Wildman–Crippen LogP) is 0.965. The fourth-order valence-corrected chi connectivity index (χ4v) is 2.24. The van der Waals surface area contributed by atoms with Crippen molar-refractivity contribution in [2.75, 3.05) is 13.1 Å². The first kappa shape index (κ1) is 13.0. The minimum Gasteiger partial charge on any atom is -0.352 e. The second kappa shape index (κ2) is 5.91. The highest BCUT2D eigenvalue weighted by atomic mass is 16.1. The van der Waals surface area contributed by atoms with Crippen molar-refractivity contribution in [2.45, 2.75) is 39.2 Å². The Morgan fingerprint density at radius 1 is 1.50 bits per heavy atom. The van der Waals surface area contributed by atoms with E-state index in [-0.39, 0.29) is 5.91 Å². The smallest absolute Gasteiger partial charge is 0.253 e. The zero-order valence-electron chi connectivity index (χ0n) is 11.0. The second-order valence-corrected chi connectivity index (χ2v) is 4.82. The van der Waals surface area contributed by atoms with Gasteiger partial charge in [-0.3, -0.25) is 4.79 Å². The molecule has 5 heteroatoms. The first-order chi connectivity index (χ1) is 8.66. The van der Waals surface area contributed by atoms with Crippen LogP contribution in [0.15, 0.2) is 6.07 Å². The predicted molar refractivity (Wildman–Crippen MR) is 69.5 cm³/mol. The summed E-state index contributed by atoms with van der Waals surface area (Å²) in [5.41, 5.74) is 2.07. The fourth-order valence-electron chi connectivity index (χ4n) is 2.24. The van der Waals surface area contributed by atoms with E-state index in [0.717, 1.165) is 18.7 Å². The van der Waals surface area contributed by atoms with E-state index in [1.54, 1.807) is 13.0 Å². The highest BCUT2D eigenvalue weighted by Crippen LogP contribution is 2.08. The topological polar surface area (TPSA) is 66.9 Å². The molecular weight excluding hydrogens is 228 g/mol. The van der Waals surface area contributed by atoms with E-state index in [4.69, 9.17) is 0 Å². The summed E-state index contributed by atoms with van der Waals surface area (Å²) in [4.78, 5) is 12.0. The number of carbonyl (C=O) groups excluding carboxylic acids is 1. The zero-order chi connectivity index (χ0) is 13.0. The third-order valence-corrected chi connectivity index (χ3v) is 3.29. The molecule has 1 unspecified atom stereocenters. The van der Waals surface area contributed by atoms with E-state index in [2.05, 4.69) is 20.8 Å². The van der Waals surface area contributed by atoms with Crippen LogP contribution >= 0.6 is 0 Å². The minimum absolute atomic E-state index is 0.0523. The summed E-state index contributed by atoms with van der Waals surface area (Å²) in [6.45, 7) is 5.45. The maximum absolute atomic E-state index is 12.0. The first-order valence-electron chi connectivity index (χ1n) is 6.49. The molecule has 0 aliphatic carbocycles.